The summed E-state index contributed by atoms with van der Waals surface area (Å²) in [4.78, 5) is 22.7. The van der Waals surface area contributed by atoms with E-state index >= 15 is 0 Å². The van der Waals surface area contributed by atoms with Crippen molar-refractivity contribution in [3.05, 3.63) is 29.3 Å². The van der Waals surface area contributed by atoms with Gasteiger partial charge in [-0.2, -0.15) is 0 Å². The lowest BCUT2D eigenvalue weighted by Gasteiger charge is -2.16. The topological polar surface area (TPSA) is 84.9 Å². The van der Waals surface area contributed by atoms with Gasteiger partial charge in [0.25, 0.3) is 0 Å². The lowest BCUT2D eigenvalue weighted by Crippen LogP contribution is -2.43. The molecular weight excluding hydrogens is 312 g/mol. The molecule has 1 unspecified atom stereocenters. The number of rotatable bonds is 8. The Morgan fingerprint density at radius 3 is 2.39 bits per heavy atom. The summed E-state index contributed by atoms with van der Waals surface area (Å²) in [5, 5.41) is 11.2. The van der Waals surface area contributed by atoms with E-state index in [0.717, 1.165) is 18.6 Å². The molecular formula is C15H19F2NO5. The van der Waals surface area contributed by atoms with Gasteiger partial charge in [-0.25, -0.2) is 18.4 Å². The molecule has 0 aliphatic heterocycles. The first kappa shape index (κ1) is 18.7. The SMILES string of the molecule is CCCCOC(=O)NC(Cc1c(F)cc(OC)cc1F)C(=O)O. The van der Waals surface area contributed by atoms with Gasteiger partial charge in [0, 0.05) is 24.1 Å². The number of carboxylic acids is 1. The van der Waals surface area contributed by atoms with Gasteiger partial charge in [0.15, 0.2) is 0 Å². The molecule has 128 valence electrons. The molecule has 2 N–H and O–H groups in total. The zero-order chi connectivity index (χ0) is 17.4. The molecule has 0 bridgehead atoms. The quantitative estimate of drug-likeness (QED) is 0.715. The maximum atomic E-state index is 13.9. The van der Waals surface area contributed by atoms with Gasteiger partial charge in [0.2, 0.25) is 0 Å². The number of benzene rings is 1. The van der Waals surface area contributed by atoms with Crippen LogP contribution < -0.4 is 10.1 Å². The molecule has 0 saturated heterocycles. The van der Waals surface area contributed by atoms with Gasteiger partial charge in [-0.05, 0) is 6.42 Å². The molecule has 0 aromatic heterocycles. The van der Waals surface area contributed by atoms with Crippen molar-refractivity contribution in [2.24, 2.45) is 0 Å². The van der Waals surface area contributed by atoms with Crippen LogP contribution >= 0.6 is 0 Å². The largest absolute Gasteiger partial charge is 0.497 e. The fraction of sp³-hybridized carbons (Fsp3) is 0.467. The first-order valence-electron chi connectivity index (χ1n) is 7.07. The summed E-state index contributed by atoms with van der Waals surface area (Å²) in [6.07, 6.45) is -0.0646. The molecule has 0 aliphatic rings. The third-order valence-electron chi connectivity index (χ3n) is 3.08. The Morgan fingerprint density at radius 2 is 1.91 bits per heavy atom. The van der Waals surface area contributed by atoms with E-state index < -0.39 is 41.7 Å². The number of carboxylic acid groups (broad SMARTS) is 1. The number of carbonyl (C=O) groups is 2. The molecule has 8 heteroatoms. The number of aliphatic carboxylic acids is 1. The summed E-state index contributed by atoms with van der Waals surface area (Å²) in [6.45, 7) is 2.04. The van der Waals surface area contributed by atoms with E-state index in [1.165, 1.54) is 7.11 Å². The van der Waals surface area contributed by atoms with Crippen molar-refractivity contribution in [2.45, 2.75) is 32.2 Å². The van der Waals surface area contributed by atoms with E-state index in [1.54, 1.807) is 0 Å². The molecule has 6 nitrogen and oxygen atoms in total. The molecule has 0 fully saturated rings. The van der Waals surface area contributed by atoms with Crippen LogP contribution in [0.5, 0.6) is 5.75 Å². The van der Waals surface area contributed by atoms with Crippen LogP contribution in [0.3, 0.4) is 0 Å². The summed E-state index contributed by atoms with van der Waals surface area (Å²) in [7, 11) is 1.25. The Bertz CT molecular complexity index is 542. The molecule has 0 heterocycles. The normalized spacial score (nSPS) is 11.7. The van der Waals surface area contributed by atoms with Gasteiger partial charge in [-0.1, -0.05) is 13.3 Å². The molecule has 1 atom stereocenters. The molecule has 0 aliphatic carbocycles. The van der Waals surface area contributed by atoms with Gasteiger partial charge in [-0.3, -0.25) is 0 Å². The number of amides is 1. The van der Waals surface area contributed by atoms with Crippen LogP contribution in [-0.4, -0.2) is 36.9 Å². The van der Waals surface area contributed by atoms with E-state index in [9.17, 15) is 18.4 Å². The van der Waals surface area contributed by atoms with Crippen molar-refractivity contribution < 1.29 is 33.0 Å². The zero-order valence-electron chi connectivity index (χ0n) is 12.9. The smallest absolute Gasteiger partial charge is 0.407 e. The molecule has 23 heavy (non-hydrogen) atoms. The first-order valence-corrected chi connectivity index (χ1v) is 7.07. The lowest BCUT2D eigenvalue weighted by molar-refractivity contribution is -0.139. The number of hydrogen-bond donors (Lipinski definition) is 2. The minimum absolute atomic E-state index is 0.0254. The highest BCUT2D eigenvalue weighted by molar-refractivity contribution is 5.80. The van der Waals surface area contributed by atoms with E-state index in [0.29, 0.717) is 6.42 Å². The number of ether oxygens (including phenoxy) is 2. The minimum atomic E-state index is -1.51. The average molecular weight is 331 g/mol. The molecule has 1 rings (SSSR count). The third kappa shape index (κ3) is 5.72. The Hall–Kier alpha value is -2.38. The van der Waals surface area contributed by atoms with Crippen molar-refractivity contribution in [1.82, 2.24) is 5.32 Å². The van der Waals surface area contributed by atoms with Crippen LogP contribution in [0.25, 0.3) is 0 Å². The van der Waals surface area contributed by atoms with Crippen LogP contribution in [0, 0.1) is 11.6 Å². The monoisotopic (exact) mass is 331 g/mol. The number of methoxy groups -OCH3 is 1. The van der Waals surface area contributed by atoms with Crippen molar-refractivity contribution in [3.8, 4) is 5.75 Å². The van der Waals surface area contributed by atoms with Crippen LogP contribution in [0.2, 0.25) is 0 Å². The summed E-state index contributed by atoms with van der Waals surface area (Å²) >= 11 is 0. The number of alkyl carbamates (subject to hydrolysis) is 1. The molecule has 0 saturated carbocycles. The van der Waals surface area contributed by atoms with Crippen LogP contribution in [0.4, 0.5) is 13.6 Å². The Labute approximate surface area is 132 Å². The molecule has 1 aromatic carbocycles. The lowest BCUT2D eigenvalue weighted by atomic mass is 10.0. The Kier molecular flexibility index (Phi) is 7.24. The third-order valence-corrected chi connectivity index (χ3v) is 3.08. The summed E-state index contributed by atoms with van der Waals surface area (Å²) < 4.78 is 37.2. The molecule has 1 amide bonds. The fourth-order valence-corrected chi connectivity index (χ4v) is 1.79. The van der Waals surface area contributed by atoms with Crippen LogP contribution in [-0.2, 0) is 16.0 Å². The van der Waals surface area contributed by atoms with Gasteiger partial charge in [0.05, 0.1) is 13.7 Å². The minimum Gasteiger partial charge on any atom is -0.497 e. The standard InChI is InChI=1S/C15H19F2NO5/c1-3-4-5-23-15(21)18-13(14(19)20)8-10-11(16)6-9(22-2)7-12(10)17/h6-7,13H,3-5,8H2,1-2H3,(H,18,21)(H,19,20). The highest BCUT2D eigenvalue weighted by Crippen LogP contribution is 2.21. The fourth-order valence-electron chi connectivity index (χ4n) is 1.79. The van der Waals surface area contributed by atoms with E-state index in [-0.39, 0.29) is 12.4 Å². The van der Waals surface area contributed by atoms with E-state index in [4.69, 9.17) is 14.6 Å². The van der Waals surface area contributed by atoms with Crippen molar-refractivity contribution in [2.75, 3.05) is 13.7 Å². The highest BCUT2D eigenvalue weighted by atomic mass is 19.1. The number of hydrogen-bond acceptors (Lipinski definition) is 4. The number of halogens is 2. The second kappa shape index (κ2) is 8.92. The average Bonchev–Trinajstić information content (AvgIpc) is 2.49. The van der Waals surface area contributed by atoms with Gasteiger partial charge in [-0.15, -0.1) is 0 Å². The second-order valence-electron chi connectivity index (χ2n) is 4.80. The van der Waals surface area contributed by atoms with E-state index in [2.05, 4.69) is 5.32 Å². The number of unbranched alkanes of at least 4 members (excludes halogenated alkanes) is 1. The maximum absolute atomic E-state index is 13.9. The summed E-state index contributed by atoms with van der Waals surface area (Å²) in [5.41, 5.74) is -0.452. The first-order chi connectivity index (χ1) is 10.9. The second-order valence-corrected chi connectivity index (χ2v) is 4.80. The van der Waals surface area contributed by atoms with Crippen molar-refractivity contribution in [1.29, 1.82) is 0 Å². The summed E-state index contributed by atoms with van der Waals surface area (Å²) in [6, 6.07) is 0.370. The van der Waals surface area contributed by atoms with Gasteiger partial charge in [0.1, 0.15) is 23.4 Å². The zero-order valence-corrected chi connectivity index (χ0v) is 12.9. The number of nitrogens with one attached hydrogen (secondary N) is 1. The van der Waals surface area contributed by atoms with Gasteiger partial charge < -0.3 is 19.9 Å². The maximum Gasteiger partial charge on any atom is 0.407 e. The van der Waals surface area contributed by atoms with E-state index in [1.807, 2.05) is 6.92 Å². The number of carbonyl (C=O) groups excluding carboxylic acids is 1. The Balaban J connectivity index is 2.81. The molecule has 0 spiro atoms. The van der Waals surface area contributed by atoms with Crippen molar-refractivity contribution >= 4 is 12.1 Å². The van der Waals surface area contributed by atoms with Crippen molar-refractivity contribution in [3.63, 3.8) is 0 Å². The van der Waals surface area contributed by atoms with Gasteiger partial charge >= 0.3 is 12.1 Å². The van der Waals surface area contributed by atoms with Crippen LogP contribution in [0.15, 0.2) is 12.1 Å². The highest BCUT2D eigenvalue weighted by Gasteiger charge is 2.25. The summed E-state index contributed by atoms with van der Waals surface area (Å²) in [5.74, 6) is -3.35. The molecule has 1 aromatic rings. The molecule has 0 radical (unpaired) electrons. The predicted molar refractivity (Wildman–Crippen MR) is 77.4 cm³/mol. The predicted octanol–water partition coefficient (Wildman–Crippen LogP) is 2.50. The Morgan fingerprint density at radius 1 is 1.30 bits per heavy atom. The van der Waals surface area contributed by atoms with Crippen LogP contribution in [0.1, 0.15) is 25.3 Å².